The van der Waals surface area contributed by atoms with E-state index in [9.17, 15) is 13.2 Å². The summed E-state index contributed by atoms with van der Waals surface area (Å²) >= 11 is 0.813. The molecule has 1 N–H and O–H groups in total. The lowest BCUT2D eigenvalue weighted by molar-refractivity contribution is -0.114. The van der Waals surface area contributed by atoms with Gasteiger partial charge in [-0.1, -0.05) is 11.3 Å². The number of carbonyl (C=O) groups is 1. The minimum atomic E-state index is -3.56. The number of nitrogens with one attached hydrogen (secondary N) is 1. The highest BCUT2D eigenvalue weighted by atomic mass is 32.2. The van der Waals surface area contributed by atoms with E-state index >= 15 is 0 Å². The van der Waals surface area contributed by atoms with Crippen molar-refractivity contribution in [2.24, 2.45) is 0 Å². The number of amides is 1. The van der Waals surface area contributed by atoms with Crippen LogP contribution in [0.1, 0.15) is 6.92 Å². The molecule has 1 aromatic rings. The molecule has 0 atom stereocenters. The molecule has 0 aliphatic carbocycles. The number of sulfonamides is 1. The molecule has 0 saturated carbocycles. The van der Waals surface area contributed by atoms with Crippen LogP contribution < -0.4 is 5.32 Å². The lowest BCUT2D eigenvalue weighted by Crippen LogP contribution is -2.22. The second-order valence-electron chi connectivity index (χ2n) is 2.84. The van der Waals surface area contributed by atoms with E-state index in [4.69, 9.17) is 0 Å². The zero-order chi connectivity index (χ0) is 11.6. The molecule has 1 rings (SSSR count). The quantitative estimate of drug-likeness (QED) is 0.747. The fourth-order valence-corrected chi connectivity index (χ4v) is 2.76. The van der Waals surface area contributed by atoms with E-state index in [1.54, 1.807) is 0 Å². The molecule has 0 aliphatic rings. The van der Waals surface area contributed by atoms with Crippen LogP contribution in [0.15, 0.2) is 4.34 Å². The number of hydrogen-bond donors (Lipinski definition) is 1. The second-order valence-corrected chi connectivity index (χ2v) is 6.14. The smallest absolute Gasteiger partial charge is 0.271 e. The van der Waals surface area contributed by atoms with E-state index in [2.05, 4.69) is 15.5 Å². The summed E-state index contributed by atoms with van der Waals surface area (Å²) in [5.74, 6) is -0.319. The Morgan fingerprint density at radius 3 is 2.47 bits per heavy atom. The average Bonchev–Trinajstić information content (AvgIpc) is 2.51. The minimum absolute atomic E-state index is 0.142. The maximum Gasteiger partial charge on any atom is 0.271 e. The maximum absolute atomic E-state index is 11.6. The summed E-state index contributed by atoms with van der Waals surface area (Å²) in [7, 11) is -0.770. The predicted molar refractivity (Wildman–Crippen MR) is 55.1 cm³/mol. The van der Waals surface area contributed by atoms with Crippen LogP contribution in [0, 0.1) is 0 Å². The highest BCUT2D eigenvalue weighted by Gasteiger charge is 2.22. The fraction of sp³-hybridized carbons (Fsp3) is 0.500. The van der Waals surface area contributed by atoms with Gasteiger partial charge in [0, 0.05) is 21.0 Å². The molecular formula is C6H10N4O3S2. The molecule has 0 unspecified atom stereocenters. The average molecular weight is 250 g/mol. The van der Waals surface area contributed by atoms with Gasteiger partial charge < -0.3 is 5.32 Å². The molecule has 7 nitrogen and oxygen atoms in total. The van der Waals surface area contributed by atoms with Gasteiger partial charge in [0.1, 0.15) is 0 Å². The number of aromatic nitrogens is 2. The van der Waals surface area contributed by atoms with Crippen LogP contribution in [0.2, 0.25) is 0 Å². The van der Waals surface area contributed by atoms with E-state index in [-0.39, 0.29) is 15.4 Å². The first-order valence-corrected chi connectivity index (χ1v) is 6.13. The number of carbonyl (C=O) groups excluding carboxylic acids is 1. The van der Waals surface area contributed by atoms with Gasteiger partial charge in [0.15, 0.2) is 0 Å². The van der Waals surface area contributed by atoms with Crippen molar-refractivity contribution in [1.82, 2.24) is 14.5 Å². The zero-order valence-electron chi connectivity index (χ0n) is 8.38. The third-order valence-corrected chi connectivity index (χ3v) is 4.39. The van der Waals surface area contributed by atoms with Crippen molar-refractivity contribution in [3.8, 4) is 0 Å². The van der Waals surface area contributed by atoms with Crippen molar-refractivity contribution in [3.05, 3.63) is 0 Å². The highest BCUT2D eigenvalue weighted by molar-refractivity contribution is 7.91. The van der Waals surface area contributed by atoms with Crippen LogP contribution >= 0.6 is 11.3 Å². The van der Waals surface area contributed by atoms with Crippen molar-refractivity contribution in [2.75, 3.05) is 19.4 Å². The van der Waals surface area contributed by atoms with Gasteiger partial charge in [0.2, 0.25) is 15.4 Å². The lowest BCUT2D eigenvalue weighted by atomic mass is 10.7. The molecular weight excluding hydrogens is 240 g/mol. The van der Waals surface area contributed by atoms with Gasteiger partial charge in [-0.25, -0.2) is 12.7 Å². The van der Waals surface area contributed by atoms with Crippen LogP contribution in [0.5, 0.6) is 0 Å². The Labute approximate surface area is 91.2 Å². The molecule has 15 heavy (non-hydrogen) atoms. The molecule has 0 spiro atoms. The summed E-state index contributed by atoms with van der Waals surface area (Å²) in [4.78, 5) is 10.7. The molecule has 0 saturated heterocycles. The fourth-order valence-electron chi connectivity index (χ4n) is 0.671. The number of anilines is 1. The molecule has 0 fully saturated rings. The van der Waals surface area contributed by atoms with E-state index < -0.39 is 10.0 Å². The van der Waals surface area contributed by atoms with Gasteiger partial charge in [0.25, 0.3) is 10.0 Å². The molecule has 1 heterocycles. The van der Waals surface area contributed by atoms with Crippen LogP contribution in [-0.2, 0) is 14.8 Å². The molecule has 84 valence electrons. The maximum atomic E-state index is 11.6. The topological polar surface area (TPSA) is 92.3 Å². The normalized spacial score (nSPS) is 11.7. The second kappa shape index (κ2) is 4.21. The van der Waals surface area contributed by atoms with Gasteiger partial charge in [0.05, 0.1) is 0 Å². The number of rotatable bonds is 3. The Hall–Kier alpha value is -1.06. The largest absolute Gasteiger partial charge is 0.301 e. The van der Waals surface area contributed by atoms with E-state index in [1.807, 2.05) is 0 Å². The number of nitrogens with zero attached hydrogens (tertiary/aromatic N) is 3. The molecule has 1 amide bonds. The van der Waals surface area contributed by atoms with Crippen molar-refractivity contribution >= 4 is 32.4 Å². The molecule has 0 aliphatic heterocycles. The lowest BCUT2D eigenvalue weighted by Gasteiger charge is -2.06. The molecule has 0 bridgehead atoms. The summed E-state index contributed by atoms with van der Waals surface area (Å²) in [5, 5.41) is 9.55. The van der Waals surface area contributed by atoms with Crippen LogP contribution in [-0.4, -0.2) is 42.9 Å². The Morgan fingerprint density at radius 1 is 1.40 bits per heavy atom. The third-order valence-electron chi connectivity index (χ3n) is 1.39. The predicted octanol–water partition coefficient (Wildman–Crippen LogP) is -0.253. The van der Waals surface area contributed by atoms with E-state index in [0.717, 1.165) is 15.6 Å². The van der Waals surface area contributed by atoms with Gasteiger partial charge in [-0.2, -0.15) is 0 Å². The zero-order valence-corrected chi connectivity index (χ0v) is 10.0. The van der Waals surface area contributed by atoms with E-state index in [0.29, 0.717) is 0 Å². The first kappa shape index (κ1) is 12.0. The Morgan fingerprint density at radius 2 is 2.00 bits per heavy atom. The minimum Gasteiger partial charge on any atom is -0.301 e. The van der Waals surface area contributed by atoms with Crippen molar-refractivity contribution in [1.29, 1.82) is 0 Å². The van der Waals surface area contributed by atoms with Crippen molar-refractivity contribution in [3.63, 3.8) is 0 Å². The van der Waals surface area contributed by atoms with Gasteiger partial charge >= 0.3 is 0 Å². The van der Waals surface area contributed by atoms with Crippen LogP contribution in [0.3, 0.4) is 0 Å². The van der Waals surface area contributed by atoms with Gasteiger partial charge in [-0.05, 0) is 0 Å². The van der Waals surface area contributed by atoms with Crippen molar-refractivity contribution in [2.45, 2.75) is 11.3 Å². The summed E-state index contributed by atoms with van der Waals surface area (Å²) in [6.45, 7) is 1.31. The Bertz CT molecular complexity index is 464. The van der Waals surface area contributed by atoms with Crippen LogP contribution in [0.4, 0.5) is 5.13 Å². The first-order valence-electron chi connectivity index (χ1n) is 3.87. The summed E-state index contributed by atoms with van der Waals surface area (Å²) in [6.07, 6.45) is 0. The van der Waals surface area contributed by atoms with E-state index in [1.165, 1.54) is 21.0 Å². The summed E-state index contributed by atoms with van der Waals surface area (Å²) in [5.41, 5.74) is 0. The third kappa shape index (κ3) is 2.70. The summed E-state index contributed by atoms with van der Waals surface area (Å²) < 4.78 is 24.0. The van der Waals surface area contributed by atoms with Gasteiger partial charge in [-0.3, -0.25) is 4.79 Å². The number of hydrogen-bond acceptors (Lipinski definition) is 6. The Kier molecular flexibility index (Phi) is 3.37. The van der Waals surface area contributed by atoms with Crippen LogP contribution in [0.25, 0.3) is 0 Å². The standard InChI is InChI=1S/C6H10N4O3S2/c1-4(11)7-5-8-9-6(14-5)15(12,13)10(2)3/h1-3H3,(H,7,8,11). The summed E-state index contributed by atoms with van der Waals surface area (Å²) in [6, 6.07) is 0. The molecule has 0 radical (unpaired) electrons. The highest BCUT2D eigenvalue weighted by Crippen LogP contribution is 2.21. The Balaban J connectivity index is 2.99. The molecule has 1 aromatic heterocycles. The molecule has 0 aromatic carbocycles. The SMILES string of the molecule is CC(=O)Nc1nnc(S(=O)(=O)N(C)C)s1. The molecule has 9 heteroatoms. The first-order chi connectivity index (χ1) is 6.84. The monoisotopic (exact) mass is 250 g/mol. The van der Waals surface area contributed by atoms with Gasteiger partial charge in [-0.15, -0.1) is 10.2 Å². The van der Waals surface area contributed by atoms with Crippen molar-refractivity contribution < 1.29 is 13.2 Å².